The molecule has 5 heteroatoms. The number of carbonyl (C=O) groups is 2. The fourth-order valence-corrected chi connectivity index (χ4v) is 4.78. The second kappa shape index (κ2) is 9.33. The van der Waals surface area contributed by atoms with Crippen molar-refractivity contribution >= 4 is 11.8 Å². The van der Waals surface area contributed by atoms with Crippen molar-refractivity contribution in [2.45, 2.75) is 38.6 Å². The maximum atomic E-state index is 13.2. The molecule has 5 nitrogen and oxygen atoms in total. The molecule has 0 radical (unpaired) electrons. The third-order valence-electron chi connectivity index (χ3n) is 6.38. The second-order valence-corrected chi connectivity index (χ2v) is 8.32. The van der Waals surface area contributed by atoms with Crippen LogP contribution in [-0.4, -0.2) is 53.9 Å². The minimum atomic E-state index is 0.138. The normalized spacial score (nSPS) is 21.1. The van der Waals surface area contributed by atoms with Crippen LogP contribution in [0.25, 0.3) is 0 Å². The summed E-state index contributed by atoms with van der Waals surface area (Å²) in [7, 11) is 0. The lowest BCUT2D eigenvalue weighted by Crippen LogP contribution is -2.56. The van der Waals surface area contributed by atoms with E-state index in [9.17, 15) is 9.59 Å². The molecule has 30 heavy (non-hydrogen) atoms. The number of rotatable bonds is 5. The molecule has 0 saturated carbocycles. The quantitative estimate of drug-likeness (QED) is 0.756. The number of para-hydroxylation sites is 1. The molecule has 2 atom stereocenters. The van der Waals surface area contributed by atoms with E-state index >= 15 is 0 Å². The van der Waals surface area contributed by atoms with E-state index in [1.54, 1.807) is 0 Å². The van der Waals surface area contributed by atoms with Gasteiger partial charge in [-0.25, -0.2) is 0 Å². The van der Waals surface area contributed by atoms with E-state index in [-0.39, 0.29) is 17.9 Å². The van der Waals surface area contributed by atoms with E-state index in [4.69, 9.17) is 4.74 Å². The fraction of sp³-hybridized carbons (Fsp3) is 0.440. The Morgan fingerprint density at radius 1 is 1.00 bits per heavy atom. The molecule has 2 aromatic carbocycles. The van der Waals surface area contributed by atoms with Gasteiger partial charge < -0.3 is 14.5 Å². The van der Waals surface area contributed by atoms with Gasteiger partial charge >= 0.3 is 0 Å². The lowest BCUT2D eigenvalue weighted by Gasteiger charge is -2.47. The summed E-state index contributed by atoms with van der Waals surface area (Å²) in [5.74, 6) is 1.44. The summed E-state index contributed by atoms with van der Waals surface area (Å²) in [6, 6.07) is 17.6. The van der Waals surface area contributed by atoms with Gasteiger partial charge in [0.25, 0.3) is 5.91 Å². The number of carbonyl (C=O) groups excluding carboxylic acids is 2. The Morgan fingerprint density at radius 2 is 1.77 bits per heavy atom. The molecule has 2 fully saturated rings. The molecule has 0 aliphatic carbocycles. The zero-order chi connectivity index (χ0) is 20.9. The third-order valence-corrected chi connectivity index (χ3v) is 6.38. The van der Waals surface area contributed by atoms with Crippen LogP contribution in [0.15, 0.2) is 54.6 Å². The maximum absolute atomic E-state index is 13.2. The second-order valence-electron chi connectivity index (χ2n) is 8.32. The third kappa shape index (κ3) is 4.50. The van der Waals surface area contributed by atoms with Crippen molar-refractivity contribution in [3.8, 4) is 5.75 Å². The van der Waals surface area contributed by atoms with Gasteiger partial charge in [-0.3, -0.25) is 9.59 Å². The van der Waals surface area contributed by atoms with Gasteiger partial charge in [-0.15, -0.1) is 0 Å². The van der Waals surface area contributed by atoms with Crippen molar-refractivity contribution in [2.24, 2.45) is 5.92 Å². The van der Waals surface area contributed by atoms with Gasteiger partial charge in [0.15, 0.2) is 0 Å². The van der Waals surface area contributed by atoms with Crippen LogP contribution >= 0.6 is 0 Å². The summed E-state index contributed by atoms with van der Waals surface area (Å²) < 4.78 is 5.68. The predicted molar refractivity (Wildman–Crippen MR) is 116 cm³/mol. The first-order chi connectivity index (χ1) is 14.6. The van der Waals surface area contributed by atoms with Crippen LogP contribution in [0.1, 0.15) is 41.6 Å². The highest BCUT2D eigenvalue weighted by Gasteiger charge is 2.39. The first-order valence-electron chi connectivity index (χ1n) is 11.0. The number of likely N-dealkylation sites (tertiary alicyclic amines) is 2. The van der Waals surface area contributed by atoms with Crippen molar-refractivity contribution in [1.82, 2.24) is 9.80 Å². The summed E-state index contributed by atoms with van der Waals surface area (Å²) in [4.78, 5) is 29.9. The van der Waals surface area contributed by atoms with Crippen LogP contribution in [0, 0.1) is 12.8 Å². The predicted octanol–water partition coefficient (Wildman–Crippen LogP) is 3.92. The number of benzene rings is 2. The summed E-state index contributed by atoms with van der Waals surface area (Å²) in [5.41, 5.74) is 1.82. The Morgan fingerprint density at radius 3 is 2.57 bits per heavy atom. The Labute approximate surface area is 178 Å². The number of hydrogen-bond donors (Lipinski definition) is 0. The van der Waals surface area contributed by atoms with E-state index < -0.39 is 0 Å². The van der Waals surface area contributed by atoms with Crippen LogP contribution in [-0.2, 0) is 4.79 Å². The van der Waals surface area contributed by atoms with Crippen molar-refractivity contribution in [3.05, 3.63) is 65.7 Å². The van der Waals surface area contributed by atoms with Crippen molar-refractivity contribution < 1.29 is 14.3 Å². The lowest BCUT2D eigenvalue weighted by molar-refractivity contribution is -0.135. The highest BCUT2D eigenvalue weighted by Crippen LogP contribution is 2.32. The van der Waals surface area contributed by atoms with Gasteiger partial charge in [-0.2, -0.15) is 0 Å². The summed E-state index contributed by atoms with van der Waals surface area (Å²) in [6.07, 6.45) is 3.32. The van der Waals surface area contributed by atoms with Gasteiger partial charge in [-0.05, 0) is 55.9 Å². The Kier molecular flexibility index (Phi) is 6.36. The molecule has 2 aromatic rings. The van der Waals surface area contributed by atoms with Gasteiger partial charge in [-0.1, -0.05) is 36.4 Å². The molecular formula is C25H30N2O3. The molecule has 0 spiro atoms. The molecule has 0 aromatic heterocycles. The first kappa shape index (κ1) is 20.5. The van der Waals surface area contributed by atoms with E-state index in [0.717, 1.165) is 49.2 Å². The molecule has 2 aliphatic heterocycles. The fourth-order valence-electron chi connectivity index (χ4n) is 4.78. The largest absolute Gasteiger partial charge is 0.493 e. The summed E-state index contributed by atoms with van der Waals surface area (Å²) in [5, 5.41) is 0. The molecule has 0 bridgehead atoms. The molecule has 0 N–H and O–H groups in total. The Balaban J connectivity index is 1.33. The van der Waals surface area contributed by atoms with Gasteiger partial charge in [0.2, 0.25) is 5.91 Å². The molecule has 2 heterocycles. The average molecular weight is 407 g/mol. The highest BCUT2D eigenvalue weighted by molar-refractivity contribution is 5.96. The van der Waals surface area contributed by atoms with Crippen LogP contribution < -0.4 is 4.74 Å². The van der Waals surface area contributed by atoms with Crippen LogP contribution in [0.5, 0.6) is 5.75 Å². The average Bonchev–Trinajstić information content (AvgIpc) is 2.79. The minimum Gasteiger partial charge on any atom is -0.493 e. The summed E-state index contributed by atoms with van der Waals surface area (Å²) >= 11 is 0. The number of hydrogen-bond acceptors (Lipinski definition) is 3. The molecular weight excluding hydrogens is 376 g/mol. The van der Waals surface area contributed by atoms with Crippen LogP contribution in [0.3, 0.4) is 0 Å². The number of fused-ring (bicyclic) bond motifs is 1. The number of amides is 2. The lowest BCUT2D eigenvalue weighted by atomic mass is 9.83. The Hall–Kier alpha value is -2.82. The van der Waals surface area contributed by atoms with Crippen LogP contribution in [0.2, 0.25) is 0 Å². The van der Waals surface area contributed by atoms with Crippen molar-refractivity contribution in [1.29, 1.82) is 0 Å². The molecule has 0 unspecified atom stereocenters. The highest BCUT2D eigenvalue weighted by atomic mass is 16.5. The molecule has 2 amide bonds. The van der Waals surface area contributed by atoms with Gasteiger partial charge in [0, 0.05) is 31.2 Å². The molecule has 2 saturated heterocycles. The molecule has 2 aliphatic rings. The topological polar surface area (TPSA) is 49.9 Å². The van der Waals surface area contributed by atoms with Gasteiger partial charge in [0.1, 0.15) is 5.75 Å². The molecule has 4 rings (SSSR count). The monoisotopic (exact) mass is 406 g/mol. The standard InChI is InChI=1S/C25H30N2O3/c1-19-8-5-6-12-22(19)25(29)27-15-7-9-20-18-26(16-13-23(20)27)24(28)14-17-30-21-10-3-2-4-11-21/h2-6,8,10-12,20,23H,7,9,13-18H2,1H3/t20-,23+/m1/s1. The minimum absolute atomic E-state index is 0.138. The summed E-state index contributed by atoms with van der Waals surface area (Å²) in [6.45, 7) is 4.65. The van der Waals surface area contributed by atoms with Crippen molar-refractivity contribution in [3.63, 3.8) is 0 Å². The number of nitrogens with zero attached hydrogens (tertiary/aromatic N) is 2. The smallest absolute Gasteiger partial charge is 0.254 e. The maximum Gasteiger partial charge on any atom is 0.254 e. The van der Waals surface area contributed by atoms with Gasteiger partial charge in [0.05, 0.1) is 13.0 Å². The van der Waals surface area contributed by atoms with Crippen LogP contribution in [0.4, 0.5) is 0 Å². The zero-order valence-corrected chi connectivity index (χ0v) is 17.6. The Bertz CT molecular complexity index is 883. The first-order valence-corrected chi connectivity index (χ1v) is 11.0. The van der Waals surface area contributed by atoms with E-state index in [1.807, 2.05) is 66.4 Å². The van der Waals surface area contributed by atoms with E-state index in [1.165, 1.54) is 0 Å². The number of ether oxygens (including phenoxy) is 1. The van der Waals surface area contributed by atoms with E-state index in [0.29, 0.717) is 25.5 Å². The zero-order valence-electron chi connectivity index (χ0n) is 17.6. The molecule has 158 valence electrons. The SMILES string of the molecule is Cc1ccccc1C(=O)N1CCC[C@@H]2CN(C(=O)CCOc3ccccc3)CC[C@@H]21. The van der Waals surface area contributed by atoms with E-state index in [2.05, 4.69) is 4.90 Å². The van der Waals surface area contributed by atoms with Crippen molar-refractivity contribution in [2.75, 3.05) is 26.2 Å². The number of piperidine rings is 2. The number of aryl methyl sites for hydroxylation is 1.